The minimum atomic E-state index is -0.000370. The number of carbonyl (C=O) groups excluding carboxylic acids is 1. The number of carbonyl (C=O) groups is 1. The second-order valence-electron chi connectivity index (χ2n) is 3.69. The van der Waals surface area contributed by atoms with Gasteiger partial charge in [0.05, 0.1) is 7.11 Å². The molecule has 0 bridgehead atoms. The van der Waals surface area contributed by atoms with E-state index in [1.54, 1.807) is 19.2 Å². The Morgan fingerprint density at radius 2 is 2.00 bits per heavy atom. The lowest BCUT2D eigenvalue weighted by Gasteiger charge is -2.06. The van der Waals surface area contributed by atoms with Gasteiger partial charge in [-0.1, -0.05) is 28.1 Å². The zero-order valence-electron chi connectivity index (χ0n) is 9.61. The predicted molar refractivity (Wildman–Crippen MR) is 83.3 cm³/mol. The van der Waals surface area contributed by atoms with Crippen molar-refractivity contribution in [3.63, 3.8) is 0 Å². The highest BCUT2D eigenvalue weighted by atomic mass is 127. The summed E-state index contributed by atoms with van der Waals surface area (Å²) >= 11 is 5.55. The third-order valence-electron chi connectivity index (χ3n) is 2.50. The molecular weight excluding hydrogens is 407 g/mol. The smallest absolute Gasteiger partial charge is 0.194 e. The zero-order chi connectivity index (χ0) is 13.1. The molecule has 0 unspecified atom stereocenters. The summed E-state index contributed by atoms with van der Waals surface area (Å²) in [5.41, 5.74) is 1.32. The van der Waals surface area contributed by atoms with Gasteiger partial charge in [0.1, 0.15) is 5.75 Å². The zero-order valence-corrected chi connectivity index (χ0v) is 13.4. The summed E-state index contributed by atoms with van der Waals surface area (Å²) in [5, 5.41) is 0. The Morgan fingerprint density at radius 3 is 2.72 bits per heavy atom. The summed E-state index contributed by atoms with van der Waals surface area (Å²) in [7, 11) is 1.59. The van der Waals surface area contributed by atoms with E-state index in [9.17, 15) is 4.79 Å². The molecule has 0 heterocycles. The van der Waals surface area contributed by atoms with Crippen LogP contribution >= 0.6 is 38.5 Å². The molecule has 0 aliphatic rings. The van der Waals surface area contributed by atoms with Gasteiger partial charge in [0.25, 0.3) is 0 Å². The SMILES string of the molecule is COc1cccc(C(=O)c2cc(Br)ccc2I)c1. The minimum Gasteiger partial charge on any atom is -0.497 e. The number of ketones is 1. The first-order valence-corrected chi connectivity index (χ1v) is 7.13. The van der Waals surface area contributed by atoms with Crippen LogP contribution in [0.2, 0.25) is 0 Å². The van der Waals surface area contributed by atoms with Crippen LogP contribution in [0.3, 0.4) is 0 Å². The highest BCUT2D eigenvalue weighted by Gasteiger charge is 2.13. The number of benzene rings is 2. The van der Waals surface area contributed by atoms with Gasteiger partial charge >= 0.3 is 0 Å². The van der Waals surface area contributed by atoms with Crippen molar-refractivity contribution in [3.8, 4) is 5.75 Å². The molecule has 0 spiro atoms. The quantitative estimate of drug-likeness (QED) is 0.551. The van der Waals surface area contributed by atoms with E-state index in [1.807, 2.05) is 30.3 Å². The molecule has 0 aromatic heterocycles. The second-order valence-corrected chi connectivity index (χ2v) is 5.76. The highest BCUT2D eigenvalue weighted by Crippen LogP contribution is 2.23. The summed E-state index contributed by atoms with van der Waals surface area (Å²) in [4.78, 5) is 12.4. The summed E-state index contributed by atoms with van der Waals surface area (Å²) < 4.78 is 6.96. The summed E-state index contributed by atoms with van der Waals surface area (Å²) in [6.07, 6.45) is 0. The van der Waals surface area contributed by atoms with E-state index in [0.717, 1.165) is 8.04 Å². The molecule has 2 rings (SSSR count). The van der Waals surface area contributed by atoms with Crippen molar-refractivity contribution >= 4 is 44.3 Å². The van der Waals surface area contributed by atoms with Crippen molar-refractivity contribution in [2.75, 3.05) is 7.11 Å². The van der Waals surface area contributed by atoms with Crippen LogP contribution in [0.5, 0.6) is 5.75 Å². The Bertz CT molecular complexity index is 596. The van der Waals surface area contributed by atoms with E-state index in [-0.39, 0.29) is 5.78 Å². The van der Waals surface area contributed by atoms with Gasteiger partial charge in [0, 0.05) is 19.2 Å². The van der Waals surface area contributed by atoms with Crippen molar-refractivity contribution in [2.24, 2.45) is 0 Å². The van der Waals surface area contributed by atoms with E-state index < -0.39 is 0 Å². The Hall–Kier alpha value is -0.880. The number of ether oxygens (including phenoxy) is 1. The van der Waals surface area contributed by atoms with Crippen LogP contribution < -0.4 is 4.74 Å². The molecule has 0 saturated heterocycles. The van der Waals surface area contributed by atoms with Crippen molar-refractivity contribution in [3.05, 3.63) is 61.6 Å². The Balaban J connectivity index is 2.44. The normalized spacial score (nSPS) is 10.2. The molecule has 0 saturated carbocycles. The summed E-state index contributed by atoms with van der Waals surface area (Å²) in [5.74, 6) is 0.686. The molecule has 0 aliphatic heterocycles. The average Bonchev–Trinajstić information content (AvgIpc) is 2.41. The number of halogens is 2. The monoisotopic (exact) mass is 416 g/mol. The first kappa shape index (κ1) is 13.5. The molecule has 2 aromatic carbocycles. The van der Waals surface area contributed by atoms with E-state index in [0.29, 0.717) is 16.9 Å². The van der Waals surface area contributed by atoms with Crippen molar-refractivity contribution < 1.29 is 9.53 Å². The van der Waals surface area contributed by atoms with Crippen LogP contribution in [0.15, 0.2) is 46.9 Å². The first-order valence-electron chi connectivity index (χ1n) is 5.25. The molecule has 0 N–H and O–H groups in total. The van der Waals surface area contributed by atoms with Gasteiger partial charge in [-0.25, -0.2) is 0 Å². The molecule has 92 valence electrons. The first-order chi connectivity index (χ1) is 8.61. The third kappa shape index (κ3) is 2.92. The van der Waals surface area contributed by atoms with Gasteiger partial charge in [-0.2, -0.15) is 0 Å². The van der Waals surface area contributed by atoms with Crippen molar-refractivity contribution in [2.45, 2.75) is 0 Å². The van der Waals surface area contributed by atoms with E-state index >= 15 is 0 Å². The van der Waals surface area contributed by atoms with Gasteiger partial charge < -0.3 is 4.74 Å². The van der Waals surface area contributed by atoms with E-state index in [4.69, 9.17) is 4.74 Å². The molecule has 0 radical (unpaired) electrons. The molecular formula is C14H10BrIO2. The predicted octanol–water partition coefficient (Wildman–Crippen LogP) is 4.29. The lowest BCUT2D eigenvalue weighted by Crippen LogP contribution is -2.04. The van der Waals surface area contributed by atoms with E-state index in [1.165, 1.54) is 0 Å². The standard InChI is InChI=1S/C14H10BrIO2/c1-18-11-4-2-3-9(7-11)14(17)12-8-10(15)5-6-13(12)16/h2-8H,1H3. The van der Waals surface area contributed by atoms with Crippen LogP contribution in [0, 0.1) is 3.57 Å². The highest BCUT2D eigenvalue weighted by molar-refractivity contribution is 14.1. The molecule has 18 heavy (non-hydrogen) atoms. The summed E-state index contributed by atoms with van der Waals surface area (Å²) in [6.45, 7) is 0. The van der Waals surface area contributed by atoms with Gasteiger partial charge in [-0.15, -0.1) is 0 Å². The topological polar surface area (TPSA) is 26.3 Å². The Kier molecular flexibility index (Phi) is 4.40. The van der Waals surface area contributed by atoms with Crippen molar-refractivity contribution in [1.29, 1.82) is 0 Å². The van der Waals surface area contributed by atoms with Crippen molar-refractivity contribution in [1.82, 2.24) is 0 Å². The molecule has 0 fully saturated rings. The average molecular weight is 417 g/mol. The fourth-order valence-corrected chi connectivity index (χ4v) is 2.53. The maximum atomic E-state index is 12.4. The van der Waals surface area contributed by atoms with E-state index in [2.05, 4.69) is 38.5 Å². The Labute approximate surface area is 128 Å². The maximum absolute atomic E-state index is 12.4. The number of methoxy groups -OCH3 is 1. The molecule has 0 aliphatic carbocycles. The van der Waals surface area contributed by atoms with Crippen LogP contribution in [-0.4, -0.2) is 12.9 Å². The number of hydrogen-bond acceptors (Lipinski definition) is 2. The minimum absolute atomic E-state index is 0.000370. The second kappa shape index (κ2) is 5.84. The van der Waals surface area contributed by atoms with Gasteiger partial charge in [0.2, 0.25) is 0 Å². The summed E-state index contributed by atoms with van der Waals surface area (Å²) in [6, 6.07) is 12.9. The molecule has 2 aromatic rings. The largest absolute Gasteiger partial charge is 0.497 e. The van der Waals surface area contributed by atoms with Crippen LogP contribution in [0.1, 0.15) is 15.9 Å². The van der Waals surface area contributed by atoms with Gasteiger partial charge in [-0.3, -0.25) is 4.79 Å². The lowest BCUT2D eigenvalue weighted by atomic mass is 10.0. The van der Waals surface area contributed by atoms with Crippen LogP contribution in [-0.2, 0) is 0 Å². The van der Waals surface area contributed by atoms with Gasteiger partial charge in [0.15, 0.2) is 5.78 Å². The molecule has 0 amide bonds. The Morgan fingerprint density at radius 1 is 1.22 bits per heavy atom. The number of hydrogen-bond donors (Lipinski definition) is 0. The third-order valence-corrected chi connectivity index (χ3v) is 3.94. The van der Waals surface area contributed by atoms with Crippen LogP contribution in [0.25, 0.3) is 0 Å². The molecule has 2 nitrogen and oxygen atoms in total. The maximum Gasteiger partial charge on any atom is 0.194 e. The molecule has 0 atom stereocenters. The fourth-order valence-electron chi connectivity index (χ4n) is 1.59. The van der Waals surface area contributed by atoms with Crippen LogP contribution in [0.4, 0.5) is 0 Å². The fraction of sp³-hybridized carbons (Fsp3) is 0.0714. The molecule has 4 heteroatoms. The lowest BCUT2D eigenvalue weighted by molar-refractivity contribution is 0.103. The number of rotatable bonds is 3. The van der Waals surface area contributed by atoms with Gasteiger partial charge in [-0.05, 0) is 52.9 Å².